The molecule has 1 fully saturated rings. The van der Waals surface area contributed by atoms with E-state index in [2.05, 4.69) is 16.2 Å². The molecule has 2 aromatic rings. The fourth-order valence-corrected chi connectivity index (χ4v) is 3.21. The summed E-state index contributed by atoms with van der Waals surface area (Å²) in [5, 5.41) is 13.8. The van der Waals surface area contributed by atoms with Gasteiger partial charge in [0.15, 0.2) is 0 Å². The molecule has 1 aliphatic heterocycles. The molecule has 0 saturated carbocycles. The Hall–Kier alpha value is -1.98. The molecule has 0 aromatic carbocycles. The number of rotatable bonds is 3. The molecule has 0 amide bonds. The number of nitrogens with two attached hydrogens (primary N) is 1. The van der Waals surface area contributed by atoms with E-state index in [-0.39, 0.29) is 23.4 Å². The lowest BCUT2D eigenvalue weighted by Crippen LogP contribution is -2.26. The molecule has 1 saturated heterocycles. The van der Waals surface area contributed by atoms with Crippen LogP contribution in [0.2, 0.25) is 5.02 Å². The number of aromatic nitrogens is 3. The second-order valence-electron chi connectivity index (χ2n) is 5.24. The van der Waals surface area contributed by atoms with Crippen LogP contribution in [0.5, 0.6) is 0 Å². The predicted octanol–water partition coefficient (Wildman–Crippen LogP) is 1.89. The van der Waals surface area contributed by atoms with Crippen molar-refractivity contribution in [1.82, 2.24) is 19.5 Å². The summed E-state index contributed by atoms with van der Waals surface area (Å²) in [7, 11) is 0. The van der Waals surface area contributed by atoms with E-state index in [4.69, 9.17) is 17.3 Å². The van der Waals surface area contributed by atoms with Crippen molar-refractivity contribution in [2.45, 2.75) is 18.8 Å². The fourth-order valence-electron chi connectivity index (χ4n) is 2.94. The van der Waals surface area contributed by atoms with Crippen LogP contribution in [-0.4, -0.2) is 45.6 Å². The van der Waals surface area contributed by atoms with E-state index in [1.807, 2.05) is 0 Å². The highest BCUT2D eigenvalue weighted by Gasteiger charge is 2.32. The van der Waals surface area contributed by atoms with E-state index in [0.29, 0.717) is 36.3 Å². The minimum absolute atomic E-state index is 0.0624. The van der Waals surface area contributed by atoms with Crippen LogP contribution in [-0.2, 0) is 0 Å². The number of nitrogens with zero attached hydrogens (tertiary/aromatic N) is 5. The van der Waals surface area contributed by atoms with Gasteiger partial charge in [-0.2, -0.15) is 5.26 Å². The summed E-state index contributed by atoms with van der Waals surface area (Å²) in [4.78, 5) is 5.56. The van der Waals surface area contributed by atoms with E-state index in [0.717, 1.165) is 0 Å². The van der Waals surface area contributed by atoms with Crippen molar-refractivity contribution in [2.24, 2.45) is 0 Å². The number of hydrogen-bond donors (Lipinski definition) is 1. The van der Waals surface area contributed by atoms with E-state index in [9.17, 15) is 14.0 Å². The summed E-state index contributed by atoms with van der Waals surface area (Å²) in [6.45, 7) is 0.712. The smallest absolute Gasteiger partial charge is 0.251 e. The van der Waals surface area contributed by atoms with Crippen LogP contribution in [0.1, 0.15) is 23.6 Å². The molecular weight excluding hydrogens is 314 g/mol. The first-order valence-corrected chi connectivity index (χ1v) is 7.12. The van der Waals surface area contributed by atoms with Crippen molar-refractivity contribution in [3.63, 3.8) is 0 Å². The predicted molar refractivity (Wildman–Crippen MR) is 76.9 cm³/mol. The third kappa shape index (κ3) is 2.46. The quantitative estimate of drug-likeness (QED) is 0.931. The van der Waals surface area contributed by atoms with Gasteiger partial charge in [0.25, 0.3) is 6.43 Å². The molecule has 22 heavy (non-hydrogen) atoms. The number of alkyl halides is 2. The van der Waals surface area contributed by atoms with E-state index < -0.39 is 6.43 Å². The molecule has 116 valence electrons. The third-order valence-corrected chi connectivity index (χ3v) is 4.23. The molecule has 1 aliphatic rings. The number of nitriles is 1. The zero-order valence-corrected chi connectivity index (χ0v) is 12.3. The first-order chi connectivity index (χ1) is 10.5. The van der Waals surface area contributed by atoms with Crippen LogP contribution >= 0.6 is 11.6 Å². The molecule has 2 N–H and O–H groups in total. The summed E-state index contributed by atoms with van der Waals surface area (Å²) in [5.41, 5.74) is 7.03. The van der Waals surface area contributed by atoms with Gasteiger partial charge in [0, 0.05) is 12.5 Å². The minimum Gasteiger partial charge on any atom is -0.367 e. The molecule has 3 heterocycles. The van der Waals surface area contributed by atoms with E-state index >= 15 is 0 Å². The fraction of sp³-hybridized carbons (Fsp3) is 0.462. The van der Waals surface area contributed by atoms with Crippen molar-refractivity contribution < 1.29 is 8.78 Å². The first kappa shape index (κ1) is 14.9. The number of halogens is 3. The highest BCUT2D eigenvalue weighted by Crippen LogP contribution is 2.36. The summed E-state index contributed by atoms with van der Waals surface area (Å²) in [6.07, 6.45) is -0.256. The number of fused-ring (bicyclic) bond motifs is 1. The van der Waals surface area contributed by atoms with Crippen LogP contribution < -0.4 is 5.73 Å². The van der Waals surface area contributed by atoms with Crippen LogP contribution in [0.25, 0.3) is 5.52 Å². The Labute approximate surface area is 130 Å². The van der Waals surface area contributed by atoms with Gasteiger partial charge < -0.3 is 5.73 Å². The molecule has 0 spiro atoms. The van der Waals surface area contributed by atoms with Gasteiger partial charge in [-0.15, -0.1) is 5.10 Å². The van der Waals surface area contributed by atoms with E-state index in [1.165, 1.54) is 10.7 Å². The Balaban J connectivity index is 2.04. The average Bonchev–Trinajstić information content (AvgIpc) is 3.00. The standard InChI is InChI=1S/C13H13ClF2N6/c14-11-8(3-17)12(22-9(11)4-19-13(18)20-22)7-1-2-21(5-7)6-10(15)16/h4,7,10H,1-2,5-6H2,(H2,18,20). The second kappa shape index (κ2) is 5.66. The Morgan fingerprint density at radius 1 is 1.55 bits per heavy atom. The largest absolute Gasteiger partial charge is 0.367 e. The molecule has 2 aromatic heterocycles. The lowest BCUT2D eigenvalue weighted by atomic mass is 10.0. The van der Waals surface area contributed by atoms with Crippen LogP contribution in [0, 0.1) is 11.3 Å². The summed E-state index contributed by atoms with van der Waals surface area (Å²) in [5.74, 6) is -0.0324. The normalized spacial score (nSPS) is 19.1. The maximum Gasteiger partial charge on any atom is 0.251 e. The number of hydrogen-bond acceptors (Lipinski definition) is 5. The van der Waals surface area contributed by atoms with Gasteiger partial charge in [-0.1, -0.05) is 11.6 Å². The maximum atomic E-state index is 12.5. The minimum atomic E-state index is -2.38. The van der Waals surface area contributed by atoms with Crippen molar-refractivity contribution in [3.05, 3.63) is 22.5 Å². The molecule has 0 aliphatic carbocycles. The number of likely N-dealkylation sites (tertiary alicyclic amines) is 1. The zero-order chi connectivity index (χ0) is 15.9. The van der Waals surface area contributed by atoms with Gasteiger partial charge in [0.2, 0.25) is 5.95 Å². The monoisotopic (exact) mass is 326 g/mol. The third-order valence-electron chi connectivity index (χ3n) is 3.85. The topological polar surface area (TPSA) is 83.2 Å². The molecule has 3 rings (SSSR count). The summed E-state index contributed by atoms with van der Waals surface area (Å²) in [6, 6.07) is 2.08. The zero-order valence-electron chi connectivity index (χ0n) is 11.5. The second-order valence-corrected chi connectivity index (χ2v) is 5.61. The van der Waals surface area contributed by atoms with Gasteiger partial charge in [-0.05, 0) is 13.0 Å². The van der Waals surface area contributed by atoms with Crippen LogP contribution in [0.3, 0.4) is 0 Å². The molecule has 9 heteroatoms. The number of anilines is 1. The Morgan fingerprint density at radius 2 is 2.32 bits per heavy atom. The molecule has 0 bridgehead atoms. The van der Waals surface area contributed by atoms with Gasteiger partial charge in [-0.25, -0.2) is 18.3 Å². The summed E-state index contributed by atoms with van der Waals surface area (Å²) >= 11 is 6.22. The van der Waals surface area contributed by atoms with Gasteiger partial charge in [0.1, 0.15) is 11.6 Å². The van der Waals surface area contributed by atoms with Crippen molar-refractivity contribution in [1.29, 1.82) is 5.26 Å². The molecular formula is C13H13ClF2N6. The van der Waals surface area contributed by atoms with Gasteiger partial charge >= 0.3 is 0 Å². The number of nitrogen functional groups attached to an aromatic ring is 1. The van der Waals surface area contributed by atoms with Crippen molar-refractivity contribution in [3.8, 4) is 6.07 Å². The maximum absolute atomic E-state index is 12.5. The van der Waals surface area contributed by atoms with Gasteiger partial charge in [0.05, 0.1) is 29.0 Å². The molecule has 1 unspecified atom stereocenters. The Kier molecular flexibility index (Phi) is 3.85. The lowest BCUT2D eigenvalue weighted by Gasteiger charge is -2.15. The van der Waals surface area contributed by atoms with Crippen LogP contribution in [0.4, 0.5) is 14.7 Å². The SMILES string of the molecule is N#Cc1c(Cl)c2cnc(N)nn2c1C1CCN(CC(F)F)C1. The summed E-state index contributed by atoms with van der Waals surface area (Å²) < 4.78 is 26.5. The Morgan fingerprint density at radius 3 is 3.00 bits per heavy atom. The lowest BCUT2D eigenvalue weighted by molar-refractivity contribution is 0.0990. The van der Waals surface area contributed by atoms with Crippen molar-refractivity contribution >= 4 is 23.1 Å². The van der Waals surface area contributed by atoms with Gasteiger partial charge in [-0.3, -0.25) is 4.90 Å². The average molecular weight is 327 g/mol. The first-order valence-electron chi connectivity index (χ1n) is 6.74. The highest BCUT2D eigenvalue weighted by molar-refractivity contribution is 6.35. The molecule has 6 nitrogen and oxygen atoms in total. The van der Waals surface area contributed by atoms with Crippen molar-refractivity contribution in [2.75, 3.05) is 25.4 Å². The highest BCUT2D eigenvalue weighted by atomic mass is 35.5. The molecule has 1 atom stereocenters. The molecule has 0 radical (unpaired) electrons. The van der Waals surface area contributed by atoms with Crippen LogP contribution in [0.15, 0.2) is 6.20 Å². The van der Waals surface area contributed by atoms with E-state index in [1.54, 1.807) is 4.90 Å². The Bertz CT molecular complexity index is 753.